The number of rotatable bonds is 2. The zero-order chi connectivity index (χ0) is 15.4. The minimum atomic E-state index is -4.88. The van der Waals surface area contributed by atoms with Crippen LogP contribution in [-0.4, -0.2) is 46.0 Å². The van der Waals surface area contributed by atoms with Crippen LogP contribution in [0.1, 0.15) is 12.8 Å². The number of fused-ring (bicyclic) bond motifs is 1. The molecule has 0 radical (unpaired) electrons. The summed E-state index contributed by atoms with van der Waals surface area (Å²) in [7, 11) is -9.67. The fourth-order valence-corrected chi connectivity index (χ4v) is 3.21. The van der Waals surface area contributed by atoms with Gasteiger partial charge in [0.2, 0.25) is 4.93 Å². The third kappa shape index (κ3) is 2.34. The molecule has 20 heavy (non-hydrogen) atoms. The van der Waals surface area contributed by atoms with Gasteiger partial charge in [-0.05, 0) is 23.3 Å². The van der Waals surface area contributed by atoms with E-state index in [1.165, 1.54) is 12.2 Å². The fraction of sp³-hybridized carbons (Fsp3) is 0.400. The second kappa shape index (κ2) is 4.23. The quantitative estimate of drug-likeness (QED) is 0.490. The van der Waals surface area contributed by atoms with Crippen molar-refractivity contribution < 1.29 is 36.2 Å². The van der Waals surface area contributed by atoms with E-state index in [1.54, 1.807) is 0 Å². The van der Waals surface area contributed by atoms with Gasteiger partial charge in [-0.25, -0.2) is 0 Å². The Balaban J connectivity index is 2.53. The van der Waals surface area contributed by atoms with E-state index in [0.29, 0.717) is 5.57 Å². The highest BCUT2D eigenvalue weighted by molar-refractivity contribution is 7.87. The zero-order valence-electron chi connectivity index (χ0n) is 9.96. The van der Waals surface area contributed by atoms with Gasteiger partial charge in [0.25, 0.3) is 10.1 Å². The first-order chi connectivity index (χ1) is 8.88. The van der Waals surface area contributed by atoms with Crippen molar-refractivity contribution in [1.82, 2.24) is 0 Å². The van der Waals surface area contributed by atoms with Gasteiger partial charge in [-0.1, -0.05) is 12.2 Å². The molecule has 112 valence electrons. The molecular formula is C10H12O8S2. The lowest BCUT2D eigenvalue weighted by Gasteiger charge is -2.33. The Morgan fingerprint density at radius 3 is 2.15 bits per heavy atom. The van der Waals surface area contributed by atoms with Gasteiger partial charge in [-0.15, -0.1) is 0 Å². The Kier molecular flexibility index (Phi) is 3.24. The van der Waals surface area contributed by atoms with Crippen LogP contribution in [0.2, 0.25) is 0 Å². The molecule has 0 aromatic carbocycles. The van der Waals surface area contributed by atoms with Crippen molar-refractivity contribution >= 4 is 20.2 Å². The Labute approximate surface area is 115 Å². The average molecular weight is 324 g/mol. The van der Waals surface area contributed by atoms with Gasteiger partial charge in [-0.2, -0.15) is 16.8 Å². The summed E-state index contributed by atoms with van der Waals surface area (Å²) in [5.74, 6) is 0. The molecule has 0 amide bonds. The molecule has 2 aliphatic carbocycles. The molecule has 2 unspecified atom stereocenters. The second-order valence-electron chi connectivity index (χ2n) is 4.69. The molecule has 0 spiro atoms. The molecule has 0 heterocycles. The van der Waals surface area contributed by atoms with Gasteiger partial charge >= 0.3 is 10.1 Å². The summed E-state index contributed by atoms with van der Waals surface area (Å²) in [4.78, 5) is -5.19. The highest BCUT2D eigenvalue weighted by atomic mass is 32.2. The largest absolute Gasteiger partial charge is 0.372 e. The van der Waals surface area contributed by atoms with Crippen molar-refractivity contribution in [1.29, 1.82) is 0 Å². The van der Waals surface area contributed by atoms with Gasteiger partial charge in [-0.3, -0.25) is 9.11 Å². The van der Waals surface area contributed by atoms with E-state index in [1.807, 2.05) is 0 Å². The Morgan fingerprint density at radius 2 is 1.65 bits per heavy atom. The van der Waals surface area contributed by atoms with Crippen LogP contribution in [0.4, 0.5) is 0 Å². The average Bonchev–Trinajstić information content (AvgIpc) is 2.25. The maximum absolute atomic E-state index is 11.1. The molecule has 0 aromatic heterocycles. The van der Waals surface area contributed by atoms with Crippen molar-refractivity contribution in [2.45, 2.75) is 22.7 Å². The first kappa shape index (κ1) is 15.4. The van der Waals surface area contributed by atoms with Crippen molar-refractivity contribution in [2.24, 2.45) is 0 Å². The molecule has 0 aliphatic heterocycles. The van der Waals surface area contributed by atoms with Gasteiger partial charge < -0.3 is 10.2 Å². The van der Waals surface area contributed by atoms with Crippen LogP contribution in [0.3, 0.4) is 0 Å². The van der Waals surface area contributed by atoms with Gasteiger partial charge in [0.1, 0.15) is 0 Å². The molecule has 0 saturated heterocycles. The van der Waals surface area contributed by atoms with Crippen LogP contribution in [-0.2, 0) is 20.2 Å². The predicted octanol–water partition coefficient (Wildman–Crippen LogP) is -0.644. The standard InChI is InChI=1S/C10H12O8S2/c11-9(19(13,14)15)3-1-7-2-4-10(12,20(16,17)18)6-8(7)5-9/h1-3,5,11-12H,4,6H2,(H,13,14,15)(H,16,17,18). The predicted molar refractivity (Wildman–Crippen MR) is 67.5 cm³/mol. The van der Waals surface area contributed by atoms with Crippen LogP contribution in [0, 0.1) is 0 Å². The molecule has 2 aliphatic rings. The highest BCUT2D eigenvalue weighted by Crippen LogP contribution is 2.40. The summed E-state index contributed by atoms with van der Waals surface area (Å²) in [6.07, 6.45) is 3.03. The molecule has 0 aromatic rings. The van der Waals surface area contributed by atoms with Crippen LogP contribution >= 0.6 is 0 Å². The monoisotopic (exact) mass is 324 g/mol. The van der Waals surface area contributed by atoms with E-state index in [2.05, 4.69) is 0 Å². The topological polar surface area (TPSA) is 149 Å². The maximum atomic E-state index is 11.1. The van der Waals surface area contributed by atoms with Gasteiger partial charge in [0, 0.05) is 12.8 Å². The van der Waals surface area contributed by atoms with E-state index in [4.69, 9.17) is 9.11 Å². The summed E-state index contributed by atoms with van der Waals surface area (Å²) in [5, 5.41) is 19.7. The van der Waals surface area contributed by atoms with Crippen molar-refractivity contribution in [3.8, 4) is 0 Å². The molecular weight excluding hydrogens is 312 g/mol. The lowest BCUT2D eigenvalue weighted by Crippen LogP contribution is -2.42. The lowest BCUT2D eigenvalue weighted by molar-refractivity contribution is 0.112. The second-order valence-corrected chi connectivity index (χ2v) is 8.01. The van der Waals surface area contributed by atoms with Gasteiger partial charge in [0.15, 0.2) is 4.93 Å². The minimum absolute atomic E-state index is 0.0148. The number of hydrogen-bond acceptors (Lipinski definition) is 6. The Bertz CT molecular complexity index is 742. The molecule has 8 nitrogen and oxygen atoms in total. The fourth-order valence-electron chi connectivity index (χ4n) is 2.05. The zero-order valence-corrected chi connectivity index (χ0v) is 11.6. The van der Waals surface area contributed by atoms with E-state index < -0.39 is 36.5 Å². The van der Waals surface area contributed by atoms with Crippen LogP contribution in [0.15, 0.2) is 35.5 Å². The number of hydrogen-bond donors (Lipinski definition) is 4. The first-order valence-electron chi connectivity index (χ1n) is 5.38. The summed E-state index contributed by atoms with van der Waals surface area (Å²) in [6.45, 7) is 0. The summed E-state index contributed by atoms with van der Waals surface area (Å²) in [5.41, 5.74) is 0.380. The molecule has 2 rings (SSSR count). The lowest BCUT2D eigenvalue weighted by atomic mass is 9.87. The van der Waals surface area contributed by atoms with Crippen molar-refractivity contribution in [2.75, 3.05) is 0 Å². The molecule has 4 N–H and O–H groups in total. The molecule has 0 saturated carbocycles. The van der Waals surface area contributed by atoms with Crippen LogP contribution < -0.4 is 0 Å². The first-order valence-corrected chi connectivity index (χ1v) is 8.26. The third-order valence-electron chi connectivity index (χ3n) is 3.25. The van der Waals surface area contributed by atoms with E-state index >= 15 is 0 Å². The van der Waals surface area contributed by atoms with E-state index in [-0.39, 0.29) is 12.0 Å². The highest BCUT2D eigenvalue weighted by Gasteiger charge is 2.46. The third-order valence-corrected chi connectivity index (χ3v) is 5.61. The Hall–Kier alpha value is -1.04. The number of aliphatic hydroxyl groups is 2. The summed E-state index contributed by atoms with van der Waals surface area (Å²) >= 11 is 0. The number of allylic oxidation sites excluding steroid dienone is 2. The van der Waals surface area contributed by atoms with E-state index in [0.717, 1.165) is 12.2 Å². The van der Waals surface area contributed by atoms with Gasteiger partial charge in [0.05, 0.1) is 0 Å². The molecule has 2 atom stereocenters. The Morgan fingerprint density at radius 1 is 1.05 bits per heavy atom. The summed E-state index contributed by atoms with van der Waals surface area (Å²) in [6, 6.07) is 0. The van der Waals surface area contributed by atoms with Crippen LogP contribution in [0.25, 0.3) is 0 Å². The molecule has 0 bridgehead atoms. The van der Waals surface area contributed by atoms with Crippen molar-refractivity contribution in [3.05, 3.63) is 35.5 Å². The molecule has 10 heteroatoms. The van der Waals surface area contributed by atoms with Crippen molar-refractivity contribution in [3.63, 3.8) is 0 Å². The maximum Gasteiger partial charge on any atom is 0.302 e. The smallest absolute Gasteiger partial charge is 0.302 e. The van der Waals surface area contributed by atoms with Crippen LogP contribution in [0.5, 0.6) is 0 Å². The minimum Gasteiger partial charge on any atom is -0.372 e. The normalized spacial score (nSPS) is 34.2. The molecule has 0 fully saturated rings. The van der Waals surface area contributed by atoms with E-state index in [9.17, 15) is 27.0 Å². The summed E-state index contributed by atoms with van der Waals surface area (Å²) < 4.78 is 62.4. The SMILES string of the molecule is O=S(=O)(O)C1(O)C=CC2=CCC(O)(S(=O)(=O)O)CC2=C1.